The van der Waals surface area contributed by atoms with E-state index in [1.165, 1.54) is 12.2 Å². The van der Waals surface area contributed by atoms with Crippen molar-refractivity contribution in [2.45, 2.75) is 6.10 Å². The first kappa shape index (κ1) is 10.3. The van der Waals surface area contributed by atoms with E-state index in [0.29, 0.717) is 6.54 Å². The third-order valence-corrected chi connectivity index (χ3v) is 3.02. The summed E-state index contributed by atoms with van der Waals surface area (Å²) in [5.41, 5.74) is 6.54. The molecule has 0 aromatic heterocycles. The second kappa shape index (κ2) is 3.86. The zero-order chi connectivity index (χ0) is 11.8. The molecule has 2 aliphatic rings. The standard InChI is InChI=1S/C14H12FNO/c15-9-5-6-13-12(7-9)10-3-1-2-4-11(10)14(8-16)17-13/h1-7,13H,8,16H2. The van der Waals surface area contributed by atoms with Crippen molar-refractivity contribution in [3.8, 4) is 0 Å². The lowest BCUT2D eigenvalue weighted by Gasteiger charge is -2.25. The fourth-order valence-corrected chi connectivity index (χ4v) is 2.25. The number of hydrogen-bond donors (Lipinski definition) is 1. The highest BCUT2D eigenvalue weighted by molar-refractivity contribution is 5.70. The van der Waals surface area contributed by atoms with Gasteiger partial charge in [0, 0.05) is 10.8 Å². The molecule has 0 fully saturated rings. The van der Waals surface area contributed by atoms with Crippen LogP contribution in [0.2, 0.25) is 0 Å². The molecule has 17 heavy (non-hydrogen) atoms. The maximum atomic E-state index is 13.3. The summed E-state index contributed by atoms with van der Waals surface area (Å²) in [6.07, 6.45) is 4.45. The van der Waals surface area contributed by atoms with E-state index < -0.39 is 0 Å². The SMILES string of the molecule is NCC1=c2ccccc2=C2C=C(F)C=CC2O1. The van der Waals surface area contributed by atoms with Gasteiger partial charge in [-0.15, -0.1) is 0 Å². The second-order valence-corrected chi connectivity index (χ2v) is 4.06. The van der Waals surface area contributed by atoms with Gasteiger partial charge in [-0.2, -0.15) is 0 Å². The molecular weight excluding hydrogens is 217 g/mol. The largest absolute Gasteiger partial charge is 0.484 e. The molecule has 2 nitrogen and oxygen atoms in total. The van der Waals surface area contributed by atoms with Gasteiger partial charge in [0.1, 0.15) is 17.7 Å². The molecule has 0 radical (unpaired) electrons. The number of halogens is 1. The molecule has 1 atom stereocenters. The van der Waals surface area contributed by atoms with Crippen LogP contribution in [-0.2, 0) is 4.74 Å². The lowest BCUT2D eigenvalue weighted by atomic mass is 9.97. The molecule has 0 amide bonds. The van der Waals surface area contributed by atoms with E-state index >= 15 is 0 Å². The number of allylic oxidation sites excluding steroid dienone is 2. The average molecular weight is 229 g/mol. The third-order valence-electron chi connectivity index (χ3n) is 3.02. The number of fused-ring (bicyclic) bond motifs is 2. The van der Waals surface area contributed by atoms with Crippen molar-refractivity contribution >= 4 is 11.3 Å². The minimum absolute atomic E-state index is 0.219. The van der Waals surface area contributed by atoms with Gasteiger partial charge in [-0.25, -0.2) is 4.39 Å². The number of nitrogens with two attached hydrogens (primary N) is 1. The van der Waals surface area contributed by atoms with E-state index in [9.17, 15) is 4.39 Å². The van der Waals surface area contributed by atoms with E-state index in [2.05, 4.69) is 0 Å². The molecule has 0 saturated carbocycles. The van der Waals surface area contributed by atoms with Crippen LogP contribution >= 0.6 is 0 Å². The Hall–Kier alpha value is -1.87. The first-order valence-electron chi connectivity index (χ1n) is 5.54. The van der Waals surface area contributed by atoms with Gasteiger partial charge in [0.2, 0.25) is 0 Å². The first-order chi connectivity index (χ1) is 8.29. The van der Waals surface area contributed by atoms with Gasteiger partial charge in [-0.1, -0.05) is 24.3 Å². The molecule has 3 rings (SSSR count). The van der Waals surface area contributed by atoms with Crippen molar-refractivity contribution in [3.05, 3.63) is 58.8 Å². The average Bonchev–Trinajstić information content (AvgIpc) is 2.38. The Morgan fingerprint density at radius 1 is 1.24 bits per heavy atom. The van der Waals surface area contributed by atoms with Crippen LogP contribution in [0.5, 0.6) is 0 Å². The lowest BCUT2D eigenvalue weighted by molar-refractivity contribution is 0.247. The second-order valence-electron chi connectivity index (χ2n) is 4.06. The first-order valence-corrected chi connectivity index (χ1v) is 5.54. The van der Waals surface area contributed by atoms with Crippen molar-refractivity contribution in [2.24, 2.45) is 5.73 Å². The number of rotatable bonds is 1. The molecule has 1 aliphatic heterocycles. The van der Waals surface area contributed by atoms with Gasteiger partial charge in [0.25, 0.3) is 0 Å². The van der Waals surface area contributed by atoms with Crippen LogP contribution in [0.3, 0.4) is 0 Å². The summed E-state index contributed by atoms with van der Waals surface area (Å²) in [6.45, 7) is 0.348. The minimum atomic E-state index is -0.245. The van der Waals surface area contributed by atoms with Crippen molar-refractivity contribution < 1.29 is 9.13 Å². The maximum Gasteiger partial charge on any atom is 0.143 e. The Balaban J connectivity index is 2.40. The van der Waals surface area contributed by atoms with Gasteiger partial charge >= 0.3 is 0 Å². The molecule has 1 aliphatic carbocycles. The summed E-state index contributed by atoms with van der Waals surface area (Å²) >= 11 is 0. The van der Waals surface area contributed by atoms with Gasteiger partial charge in [-0.3, -0.25) is 0 Å². The number of hydrogen-bond acceptors (Lipinski definition) is 2. The van der Waals surface area contributed by atoms with Crippen LogP contribution in [0.15, 0.2) is 48.3 Å². The smallest absolute Gasteiger partial charge is 0.143 e. The highest BCUT2D eigenvalue weighted by Gasteiger charge is 2.21. The Labute approximate surface area is 98.2 Å². The molecule has 1 unspecified atom stereocenters. The van der Waals surface area contributed by atoms with Crippen molar-refractivity contribution in [1.82, 2.24) is 0 Å². The minimum Gasteiger partial charge on any atom is -0.484 e. The predicted octanol–water partition coefficient (Wildman–Crippen LogP) is 0.726. The topological polar surface area (TPSA) is 35.2 Å². The molecule has 1 aromatic rings. The molecular formula is C14H12FNO. The number of benzene rings is 1. The summed E-state index contributed by atoms with van der Waals surface area (Å²) in [4.78, 5) is 0. The van der Waals surface area contributed by atoms with Crippen LogP contribution in [0.1, 0.15) is 0 Å². The van der Waals surface area contributed by atoms with Crippen LogP contribution < -0.4 is 16.2 Å². The van der Waals surface area contributed by atoms with Gasteiger partial charge < -0.3 is 10.5 Å². The highest BCUT2D eigenvalue weighted by atomic mass is 19.1. The van der Waals surface area contributed by atoms with Gasteiger partial charge in [0.05, 0.1) is 6.54 Å². The number of ether oxygens (including phenoxy) is 1. The highest BCUT2D eigenvalue weighted by Crippen LogP contribution is 2.23. The summed E-state index contributed by atoms with van der Waals surface area (Å²) in [7, 11) is 0. The predicted molar refractivity (Wildman–Crippen MR) is 64.8 cm³/mol. The fourth-order valence-electron chi connectivity index (χ4n) is 2.25. The zero-order valence-corrected chi connectivity index (χ0v) is 9.19. The van der Waals surface area contributed by atoms with Crippen LogP contribution in [0, 0.1) is 0 Å². The summed E-state index contributed by atoms with van der Waals surface area (Å²) < 4.78 is 19.1. The molecule has 86 valence electrons. The van der Waals surface area contributed by atoms with Gasteiger partial charge in [0.15, 0.2) is 0 Å². The van der Waals surface area contributed by atoms with Crippen LogP contribution in [0.4, 0.5) is 4.39 Å². The zero-order valence-electron chi connectivity index (χ0n) is 9.19. The Kier molecular flexibility index (Phi) is 2.34. The van der Waals surface area contributed by atoms with Crippen molar-refractivity contribution in [3.63, 3.8) is 0 Å². The molecule has 0 spiro atoms. The van der Waals surface area contributed by atoms with Crippen LogP contribution in [-0.4, -0.2) is 12.6 Å². The molecule has 2 N–H and O–H groups in total. The van der Waals surface area contributed by atoms with E-state index in [0.717, 1.165) is 21.8 Å². The van der Waals surface area contributed by atoms with Crippen molar-refractivity contribution in [2.75, 3.05) is 6.54 Å². The van der Waals surface area contributed by atoms with E-state index in [1.807, 2.05) is 24.3 Å². The third kappa shape index (κ3) is 1.59. The normalized spacial score (nSPS) is 21.5. The fraction of sp³-hybridized carbons (Fsp3) is 0.143. The molecule has 0 saturated heterocycles. The Morgan fingerprint density at radius 2 is 2.00 bits per heavy atom. The van der Waals surface area contributed by atoms with Crippen LogP contribution in [0.25, 0.3) is 11.3 Å². The Morgan fingerprint density at radius 3 is 2.76 bits per heavy atom. The monoisotopic (exact) mass is 229 g/mol. The summed E-state index contributed by atoms with van der Waals surface area (Å²) in [5.74, 6) is 0.514. The van der Waals surface area contributed by atoms with Crippen molar-refractivity contribution in [1.29, 1.82) is 0 Å². The van der Waals surface area contributed by atoms with E-state index in [4.69, 9.17) is 10.5 Å². The quantitative estimate of drug-likeness (QED) is 0.770. The summed E-state index contributed by atoms with van der Waals surface area (Å²) in [5, 5.41) is 1.96. The Bertz CT molecular complexity index is 642. The van der Waals surface area contributed by atoms with E-state index in [1.54, 1.807) is 6.08 Å². The molecule has 3 heteroatoms. The van der Waals surface area contributed by atoms with E-state index in [-0.39, 0.29) is 11.9 Å². The summed E-state index contributed by atoms with van der Waals surface area (Å²) in [6, 6.07) is 7.79. The molecule has 0 bridgehead atoms. The lowest BCUT2D eigenvalue weighted by Crippen LogP contribution is -2.40. The van der Waals surface area contributed by atoms with Gasteiger partial charge in [-0.05, 0) is 23.4 Å². The maximum absolute atomic E-state index is 13.3. The molecule has 1 aromatic carbocycles. The molecule has 1 heterocycles.